The molecule has 106 valence electrons. The number of hydrogen-bond donors (Lipinski definition) is 2. The van der Waals surface area contributed by atoms with Gasteiger partial charge in [0.25, 0.3) is 0 Å². The number of nitrogens with zero attached hydrogens (tertiary/aromatic N) is 1. The highest BCUT2D eigenvalue weighted by molar-refractivity contribution is 5.68. The molecule has 0 aliphatic heterocycles. The molecule has 3 aromatic rings. The van der Waals surface area contributed by atoms with Crippen LogP contribution in [0, 0.1) is 0 Å². The lowest BCUT2D eigenvalue weighted by atomic mass is 10.0. The molecule has 0 fully saturated rings. The minimum atomic E-state index is 0.247. The highest BCUT2D eigenvalue weighted by atomic mass is 16.3. The fraction of sp³-hybridized carbons (Fsp3) is 0.167. The molecule has 0 radical (unpaired) electrons. The quantitative estimate of drug-likeness (QED) is 0.737. The fourth-order valence-electron chi connectivity index (χ4n) is 2.41. The van der Waals surface area contributed by atoms with Crippen LogP contribution in [0.15, 0.2) is 54.6 Å². The van der Waals surface area contributed by atoms with E-state index in [9.17, 15) is 5.11 Å². The summed E-state index contributed by atoms with van der Waals surface area (Å²) in [4.78, 5) is 8.15. The molecule has 0 saturated heterocycles. The van der Waals surface area contributed by atoms with Gasteiger partial charge in [-0.05, 0) is 18.1 Å². The molecule has 0 bridgehead atoms. The predicted octanol–water partition coefficient (Wildman–Crippen LogP) is 4.57. The largest absolute Gasteiger partial charge is 0.508 e. The van der Waals surface area contributed by atoms with Crippen molar-refractivity contribution in [2.75, 3.05) is 0 Å². The van der Waals surface area contributed by atoms with E-state index in [4.69, 9.17) is 4.98 Å². The van der Waals surface area contributed by atoms with E-state index in [0.717, 1.165) is 28.3 Å². The number of aromatic nitrogens is 2. The highest BCUT2D eigenvalue weighted by Crippen LogP contribution is 2.31. The van der Waals surface area contributed by atoms with Gasteiger partial charge in [-0.1, -0.05) is 56.3 Å². The number of nitrogens with one attached hydrogen (secondary N) is 1. The summed E-state index contributed by atoms with van der Waals surface area (Å²) in [7, 11) is 0. The predicted molar refractivity (Wildman–Crippen MR) is 85.2 cm³/mol. The summed E-state index contributed by atoms with van der Waals surface area (Å²) in [6, 6.07) is 17.3. The van der Waals surface area contributed by atoms with Crippen LogP contribution in [0.25, 0.3) is 22.6 Å². The van der Waals surface area contributed by atoms with Gasteiger partial charge in [0.2, 0.25) is 0 Å². The standard InChI is InChI=1S/C18H18N2O/c1-12(2)16-17(13-7-4-3-5-8-13)20-18(19-16)14-9-6-10-15(21)11-14/h3-12,21H,1-2H3,(H,19,20). The Morgan fingerprint density at radius 1 is 0.952 bits per heavy atom. The third kappa shape index (κ3) is 2.68. The Morgan fingerprint density at radius 2 is 1.67 bits per heavy atom. The van der Waals surface area contributed by atoms with Gasteiger partial charge in [-0.25, -0.2) is 4.98 Å². The van der Waals surface area contributed by atoms with E-state index >= 15 is 0 Å². The van der Waals surface area contributed by atoms with Gasteiger partial charge in [0.15, 0.2) is 0 Å². The summed E-state index contributed by atoms with van der Waals surface area (Å²) in [6.07, 6.45) is 0. The van der Waals surface area contributed by atoms with Crippen LogP contribution in [0.1, 0.15) is 25.5 Å². The van der Waals surface area contributed by atoms with Crippen LogP contribution in [-0.2, 0) is 0 Å². The van der Waals surface area contributed by atoms with Gasteiger partial charge >= 0.3 is 0 Å². The van der Waals surface area contributed by atoms with Crippen LogP contribution in [-0.4, -0.2) is 15.1 Å². The van der Waals surface area contributed by atoms with Gasteiger partial charge in [-0.15, -0.1) is 0 Å². The van der Waals surface area contributed by atoms with Gasteiger partial charge in [-0.2, -0.15) is 0 Å². The van der Waals surface area contributed by atoms with E-state index < -0.39 is 0 Å². The number of rotatable bonds is 3. The maximum atomic E-state index is 9.64. The topological polar surface area (TPSA) is 48.9 Å². The first-order valence-corrected chi connectivity index (χ1v) is 7.10. The molecule has 0 amide bonds. The molecule has 3 heteroatoms. The second-order valence-electron chi connectivity index (χ2n) is 5.42. The molecule has 2 aromatic carbocycles. The number of hydrogen-bond acceptors (Lipinski definition) is 2. The maximum Gasteiger partial charge on any atom is 0.138 e. The monoisotopic (exact) mass is 278 g/mol. The van der Waals surface area contributed by atoms with E-state index in [2.05, 4.69) is 31.0 Å². The number of aromatic amines is 1. The van der Waals surface area contributed by atoms with Crippen LogP contribution in [0.5, 0.6) is 5.75 Å². The van der Waals surface area contributed by atoms with Gasteiger partial charge < -0.3 is 10.1 Å². The Morgan fingerprint density at radius 3 is 2.33 bits per heavy atom. The summed E-state index contributed by atoms with van der Waals surface area (Å²) in [5.74, 6) is 1.38. The first kappa shape index (κ1) is 13.4. The van der Waals surface area contributed by atoms with Crippen LogP contribution >= 0.6 is 0 Å². The summed E-state index contributed by atoms with van der Waals surface area (Å²) in [5.41, 5.74) is 4.08. The van der Waals surface area contributed by atoms with Crippen LogP contribution in [0.4, 0.5) is 0 Å². The Hall–Kier alpha value is -2.55. The molecule has 21 heavy (non-hydrogen) atoms. The maximum absolute atomic E-state index is 9.64. The van der Waals surface area contributed by atoms with Crippen molar-refractivity contribution in [3.63, 3.8) is 0 Å². The van der Waals surface area contributed by atoms with Crippen molar-refractivity contribution in [3.8, 4) is 28.4 Å². The molecule has 2 N–H and O–H groups in total. The average Bonchev–Trinajstić information content (AvgIpc) is 2.93. The summed E-state index contributed by atoms with van der Waals surface area (Å²) < 4.78 is 0. The summed E-state index contributed by atoms with van der Waals surface area (Å²) in [6.45, 7) is 4.29. The molecule has 0 aliphatic carbocycles. The Balaban J connectivity index is 2.13. The van der Waals surface area contributed by atoms with Gasteiger partial charge in [0, 0.05) is 16.8 Å². The second kappa shape index (κ2) is 5.44. The van der Waals surface area contributed by atoms with Gasteiger partial charge in [0.05, 0.1) is 5.69 Å². The minimum absolute atomic E-state index is 0.247. The van der Waals surface area contributed by atoms with Crippen molar-refractivity contribution in [1.29, 1.82) is 0 Å². The molecular formula is C18H18N2O. The van der Waals surface area contributed by atoms with Gasteiger partial charge in [-0.3, -0.25) is 0 Å². The van der Waals surface area contributed by atoms with Crippen LogP contribution < -0.4 is 0 Å². The van der Waals surface area contributed by atoms with Crippen molar-refractivity contribution >= 4 is 0 Å². The Bertz CT molecular complexity index is 745. The molecule has 1 aromatic heterocycles. The molecule has 3 nitrogen and oxygen atoms in total. The second-order valence-corrected chi connectivity index (χ2v) is 5.42. The number of aromatic hydroxyl groups is 1. The molecule has 3 rings (SSSR count). The fourth-order valence-corrected chi connectivity index (χ4v) is 2.41. The molecule has 0 atom stereocenters. The molecule has 0 unspecified atom stereocenters. The Kier molecular flexibility index (Phi) is 3.48. The normalized spacial score (nSPS) is 11.0. The lowest BCUT2D eigenvalue weighted by Gasteiger charge is -2.05. The van der Waals surface area contributed by atoms with Crippen LogP contribution in [0.2, 0.25) is 0 Å². The number of imidazole rings is 1. The zero-order valence-corrected chi connectivity index (χ0v) is 12.2. The van der Waals surface area contributed by atoms with Crippen LogP contribution in [0.3, 0.4) is 0 Å². The first-order valence-electron chi connectivity index (χ1n) is 7.10. The third-order valence-electron chi connectivity index (χ3n) is 3.48. The van der Waals surface area contributed by atoms with Crippen molar-refractivity contribution in [2.45, 2.75) is 19.8 Å². The Labute approximate surface area is 124 Å². The van der Waals surface area contributed by atoms with E-state index in [0.29, 0.717) is 5.92 Å². The molecule has 0 spiro atoms. The lowest BCUT2D eigenvalue weighted by Crippen LogP contribution is -1.91. The molecule has 1 heterocycles. The molecule has 0 saturated carbocycles. The number of benzene rings is 2. The van der Waals surface area contributed by atoms with Crippen molar-refractivity contribution in [1.82, 2.24) is 9.97 Å². The molecule has 0 aliphatic rings. The van der Waals surface area contributed by atoms with E-state index in [-0.39, 0.29) is 5.75 Å². The SMILES string of the molecule is CC(C)c1[nH]c(-c2cccc(O)c2)nc1-c1ccccc1. The molecular weight excluding hydrogens is 260 g/mol. The summed E-state index contributed by atoms with van der Waals surface area (Å²) in [5, 5.41) is 9.64. The minimum Gasteiger partial charge on any atom is -0.508 e. The van der Waals surface area contributed by atoms with Crippen molar-refractivity contribution in [2.24, 2.45) is 0 Å². The van der Waals surface area contributed by atoms with Crippen molar-refractivity contribution in [3.05, 3.63) is 60.3 Å². The third-order valence-corrected chi connectivity index (χ3v) is 3.48. The zero-order chi connectivity index (χ0) is 14.8. The van der Waals surface area contributed by atoms with E-state index in [1.54, 1.807) is 12.1 Å². The lowest BCUT2D eigenvalue weighted by molar-refractivity contribution is 0.475. The van der Waals surface area contributed by atoms with Gasteiger partial charge in [0.1, 0.15) is 11.6 Å². The number of H-pyrrole nitrogens is 1. The van der Waals surface area contributed by atoms with E-state index in [1.807, 2.05) is 30.3 Å². The van der Waals surface area contributed by atoms with Crippen molar-refractivity contribution < 1.29 is 5.11 Å². The summed E-state index contributed by atoms with van der Waals surface area (Å²) >= 11 is 0. The van der Waals surface area contributed by atoms with E-state index in [1.165, 1.54) is 0 Å². The smallest absolute Gasteiger partial charge is 0.138 e. The zero-order valence-electron chi connectivity index (χ0n) is 12.2. The first-order chi connectivity index (χ1) is 10.1. The number of phenolic OH excluding ortho intramolecular Hbond substituents is 1. The number of phenols is 1. The average molecular weight is 278 g/mol. The highest BCUT2D eigenvalue weighted by Gasteiger charge is 2.15.